The summed E-state index contributed by atoms with van der Waals surface area (Å²) in [6.07, 6.45) is 20.2. The third-order valence-electron chi connectivity index (χ3n) is 5.14. The molecule has 1 aromatic rings. The van der Waals surface area contributed by atoms with Crippen molar-refractivity contribution in [1.29, 1.82) is 0 Å². The minimum absolute atomic E-state index is 0.778. The predicted octanol–water partition coefficient (Wildman–Crippen LogP) is 7.45. The van der Waals surface area contributed by atoms with Crippen LogP contribution in [0.1, 0.15) is 82.6 Å². The van der Waals surface area contributed by atoms with Gasteiger partial charge in [-0.05, 0) is 43.7 Å². The quantitative estimate of drug-likeness (QED) is 0.213. The van der Waals surface area contributed by atoms with Gasteiger partial charge in [0.05, 0.1) is 0 Å². The zero-order chi connectivity index (χ0) is 18.7. The monoisotopic (exact) mass is 355 g/mol. The topological polar surface area (TPSA) is 12.0 Å². The Morgan fingerprint density at radius 1 is 0.731 bits per heavy atom. The lowest BCUT2D eigenvalue weighted by molar-refractivity contribution is 0.456. The molecule has 0 atom stereocenters. The third kappa shape index (κ3) is 12.9. The number of nitrogens with one attached hydrogen (secondary N) is 1. The second kappa shape index (κ2) is 17.1. The molecule has 1 nitrogen and oxygen atoms in total. The highest BCUT2D eigenvalue weighted by Gasteiger charge is 2.04. The summed E-state index contributed by atoms with van der Waals surface area (Å²) in [6.45, 7) is 9.88. The van der Waals surface area contributed by atoms with Gasteiger partial charge in [-0.25, -0.2) is 0 Å². The molecule has 0 heterocycles. The lowest BCUT2D eigenvalue weighted by Crippen LogP contribution is -2.14. The second-order valence-electron chi connectivity index (χ2n) is 7.55. The molecule has 0 aromatic heterocycles. The van der Waals surface area contributed by atoms with E-state index in [0.717, 1.165) is 31.8 Å². The molecule has 1 heteroatoms. The lowest BCUT2D eigenvalue weighted by atomic mass is 9.94. The van der Waals surface area contributed by atoms with E-state index in [4.69, 9.17) is 0 Å². The van der Waals surface area contributed by atoms with Crippen molar-refractivity contribution in [2.45, 2.75) is 83.6 Å². The van der Waals surface area contributed by atoms with Gasteiger partial charge < -0.3 is 5.32 Å². The summed E-state index contributed by atoms with van der Waals surface area (Å²) in [4.78, 5) is 0. The fourth-order valence-electron chi connectivity index (χ4n) is 3.55. The molecule has 0 spiro atoms. The molecule has 0 aliphatic carbocycles. The number of rotatable bonds is 18. The van der Waals surface area contributed by atoms with Gasteiger partial charge >= 0.3 is 0 Å². The zero-order valence-corrected chi connectivity index (χ0v) is 16.9. The summed E-state index contributed by atoms with van der Waals surface area (Å²) < 4.78 is 0. The van der Waals surface area contributed by atoms with Crippen molar-refractivity contribution in [3.05, 3.63) is 61.2 Å². The molecule has 0 amide bonds. The van der Waals surface area contributed by atoms with Gasteiger partial charge in [-0.15, -0.1) is 13.2 Å². The molecule has 1 N–H and O–H groups in total. The van der Waals surface area contributed by atoms with E-state index in [1.54, 1.807) is 0 Å². The number of benzene rings is 1. The van der Waals surface area contributed by atoms with E-state index in [0.29, 0.717) is 0 Å². The smallest absolute Gasteiger partial charge is 0.0205 e. The minimum atomic E-state index is 0.778. The van der Waals surface area contributed by atoms with Crippen LogP contribution >= 0.6 is 0 Å². The van der Waals surface area contributed by atoms with E-state index in [9.17, 15) is 0 Å². The molecule has 0 radical (unpaired) electrons. The predicted molar refractivity (Wildman–Crippen MR) is 117 cm³/mol. The van der Waals surface area contributed by atoms with Crippen LogP contribution in [0.2, 0.25) is 0 Å². The largest absolute Gasteiger partial charge is 0.313 e. The maximum absolute atomic E-state index is 3.87. The number of unbranched alkanes of at least 4 members (excludes halogenated alkanes) is 8. The summed E-state index contributed by atoms with van der Waals surface area (Å²) in [5.41, 5.74) is 1.38. The van der Waals surface area contributed by atoms with Gasteiger partial charge in [0.25, 0.3) is 0 Å². The summed E-state index contributed by atoms with van der Waals surface area (Å²) in [5.74, 6) is 0.778. The molecule has 1 rings (SSSR count). The Morgan fingerprint density at radius 3 is 1.85 bits per heavy atom. The molecule has 0 fully saturated rings. The summed E-state index contributed by atoms with van der Waals surface area (Å²) in [7, 11) is 0. The van der Waals surface area contributed by atoms with E-state index in [2.05, 4.69) is 61.0 Å². The molecule has 0 unspecified atom stereocenters. The van der Waals surface area contributed by atoms with Crippen molar-refractivity contribution in [1.82, 2.24) is 5.32 Å². The Hall–Kier alpha value is -1.34. The van der Waals surface area contributed by atoms with E-state index in [1.807, 2.05) is 0 Å². The molecule has 0 bridgehead atoms. The van der Waals surface area contributed by atoms with Crippen LogP contribution in [0.4, 0.5) is 0 Å². The second-order valence-corrected chi connectivity index (χ2v) is 7.55. The maximum atomic E-state index is 3.87. The highest BCUT2D eigenvalue weighted by molar-refractivity contribution is 5.14. The first-order valence-electron chi connectivity index (χ1n) is 10.8. The maximum Gasteiger partial charge on any atom is 0.0205 e. The van der Waals surface area contributed by atoms with Gasteiger partial charge in [0, 0.05) is 6.54 Å². The van der Waals surface area contributed by atoms with Gasteiger partial charge in [-0.3, -0.25) is 0 Å². The summed E-state index contributed by atoms with van der Waals surface area (Å²) >= 11 is 0. The summed E-state index contributed by atoms with van der Waals surface area (Å²) in [6, 6.07) is 10.7. The highest BCUT2D eigenvalue weighted by Crippen LogP contribution is 2.19. The van der Waals surface area contributed by atoms with Gasteiger partial charge in [0.1, 0.15) is 0 Å². The van der Waals surface area contributed by atoms with Gasteiger partial charge in [-0.2, -0.15) is 0 Å². The van der Waals surface area contributed by atoms with Crippen molar-refractivity contribution < 1.29 is 0 Å². The van der Waals surface area contributed by atoms with Crippen LogP contribution in [0, 0.1) is 5.92 Å². The Kier molecular flexibility index (Phi) is 14.9. The SMILES string of the molecule is C=CCC(CC=C)CCCCCCCCCCCNCc1ccccc1. The van der Waals surface area contributed by atoms with Crippen LogP contribution in [0.3, 0.4) is 0 Å². The molecule has 26 heavy (non-hydrogen) atoms. The number of allylic oxidation sites excluding steroid dienone is 2. The standard InChI is InChI=1S/C25H41N/c1-3-17-24(18-4-2)19-13-10-8-6-5-7-9-11-16-22-26-23-25-20-14-12-15-21-25/h3-4,12,14-15,20-21,24,26H,1-2,5-11,13,16-19,22-23H2. The molecule has 0 saturated carbocycles. The fraction of sp³-hybridized carbons (Fsp3) is 0.600. The first kappa shape index (κ1) is 22.7. The Balaban J connectivity index is 1.80. The van der Waals surface area contributed by atoms with Crippen LogP contribution in [-0.4, -0.2) is 6.54 Å². The average Bonchev–Trinajstić information content (AvgIpc) is 2.66. The van der Waals surface area contributed by atoms with Crippen molar-refractivity contribution in [3.63, 3.8) is 0 Å². The third-order valence-corrected chi connectivity index (χ3v) is 5.14. The summed E-state index contributed by atoms with van der Waals surface area (Å²) in [5, 5.41) is 3.54. The van der Waals surface area contributed by atoms with E-state index in [1.165, 1.54) is 69.8 Å². The Bertz CT molecular complexity index is 427. The molecular formula is C25H41N. The highest BCUT2D eigenvalue weighted by atomic mass is 14.8. The van der Waals surface area contributed by atoms with Crippen LogP contribution in [0.15, 0.2) is 55.6 Å². The van der Waals surface area contributed by atoms with Gasteiger partial charge in [0.2, 0.25) is 0 Å². The first-order valence-corrected chi connectivity index (χ1v) is 10.8. The number of hydrogen-bond donors (Lipinski definition) is 1. The van der Waals surface area contributed by atoms with Crippen molar-refractivity contribution in [2.24, 2.45) is 5.92 Å². The average molecular weight is 356 g/mol. The van der Waals surface area contributed by atoms with Gasteiger partial charge in [0.15, 0.2) is 0 Å². The van der Waals surface area contributed by atoms with Crippen molar-refractivity contribution in [2.75, 3.05) is 6.54 Å². The van der Waals surface area contributed by atoms with Crippen LogP contribution in [0.5, 0.6) is 0 Å². The zero-order valence-electron chi connectivity index (χ0n) is 16.9. The normalized spacial score (nSPS) is 11.0. The van der Waals surface area contributed by atoms with Crippen LogP contribution in [-0.2, 0) is 6.54 Å². The Morgan fingerprint density at radius 2 is 1.27 bits per heavy atom. The number of hydrogen-bond acceptors (Lipinski definition) is 1. The van der Waals surface area contributed by atoms with E-state index < -0.39 is 0 Å². The van der Waals surface area contributed by atoms with E-state index >= 15 is 0 Å². The minimum Gasteiger partial charge on any atom is -0.313 e. The lowest BCUT2D eigenvalue weighted by Gasteiger charge is -2.12. The molecule has 0 aliphatic rings. The van der Waals surface area contributed by atoms with Crippen molar-refractivity contribution in [3.8, 4) is 0 Å². The molecule has 0 saturated heterocycles. The molecule has 0 aliphatic heterocycles. The fourth-order valence-corrected chi connectivity index (χ4v) is 3.55. The Labute approximate surface area is 163 Å². The van der Waals surface area contributed by atoms with Crippen LogP contribution < -0.4 is 5.32 Å². The van der Waals surface area contributed by atoms with Crippen LogP contribution in [0.25, 0.3) is 0 Å². The molecule has 146 valence electrons. The molecular weight excluding hydrogens is 314 g/mol. The first-order chi connectivity index (χ1) is 12.9. The van der Waals surface area contributed by atoms with E-state index in [-0.39, 0.29) is 0 Å². The molecule has 1 aromatic carbocycles. The van der Waals surface area contributed by atoms with Crippen molar-refractivity contribution >= 4 is 0 Å². The van der Waals surface area contributed by atoms with Gasteiger partial charge in [-0.1, -0.05) is 93.9 Å².